The lowest BCUT2D eigenvalue weighted by Gasteiger charge is -2.17. The Morgan fingerprint density at radius 1 is 0.941 bits per heavy atom. The summed E-state index contributed by atoms with van der Waals surface area (Å²) in [5.74, 6) is 0. The second-order valence-corrected chi connectivity index (χ2v) is 5.01. The van der Waals surface area contributed by atoms with E-state index < -0.39 is 0 Å². The molecule has 2 heteroatoms. The van der Waals surface area contributed by atoms with E-state index in [2.05, 4.69) is 29.6 Å². The molecule has 98 valence electrons. The summed E-state index contributed by atoms with van der Waals surface area (Å²) in [5.41, 5.74) is 0. The molecule has 0 bridgehead atoms. The van der Waals surface area contributed by atoms with Gasteiger partial charge in [0.05, 0.1) is 6.33 Å². The molecular formula is C15H28N2. The fourth-order valence-corrected chi connectivity index (χ4v) is 2.42. The van der Waals surface area contributed by atoms with Crippen molar-refractivity contribution in [3.63, 3.8) is 0 Å². The molecule has 0 spiro atoms. The fourth-order valence-electron chi connectivity index (χ4n) is 2.42. The quantitative estimate of drug-likeness (QED) is 0.524. The van der Waals surface area contributed by atoms with Crippen LogP contribution in [-0.2, 0) is 0 Å². The van der Waals surface area contributed by atoms with Gasteiger partial charge in [0, 0.05) is 18.4 Å². The van der Waals surface area contributed by atoms with E-state index in [1.54, 1.807) is 0 Å². The molecule has 1 heterocycles. The van der Waals surface area contributed by atoms with Gasteiger partial charge in [-0.25, -0.2) is 4.98 Å². The second kappa shape index (κ2) is 9.26. The first-order valence-electron chi connectivity index (χ1n) is 7.36. The van der Waals surface area contributed by atoms with E-state index in [0.29, 0.717) is 6.04 Å². The van der Waals surface area contributed by atoms with Crippen molar-refractivity contribution in [2.75, 3.05) is 0 Å². The molecule has 0 aromatic carbocycles. The van der Waals surface area contributed by atoms with E-state index in [9.17, 15) is 0 Å². The fraction of sp³-hybridized carbons (Fsp3) is 0.800. The molecule has 1 rings (SSSR count). The standard InChI is InChI=1S/C15H28N2/c1-3-5-6-7-8-9-11-15(10-4-2)17-13-12-16-14-17/h12-15H,3-11H2,1-2H3. The zero-order valence-electron chi connectivity index (χ0n) is 11.6. The van der Waals surface area contributed by atoms with Gasteiger partial charge in [-0.1, -0.05) is 58.8 Å². The van der Waals surface area contributed by atoms with Crippen LogP contribution in [0.2, 0.25) is 0 Å². The summed E-state index contributed by atoms with van der Waals surface area (Å²) in [7, 11) is 0. The third kappa shape index (κ3) is 5.90. The van der Waals surface area contributed by atoms with Crippen molar-refractivity contribution in [1.82, 2.24) is 9.55 Å². The number of rotatable bonds is 10. The number of unbranched alkanes of at least 4 members (excludes halogenated alkanes) is 5. The molecule has 0 aliphatic rings. The second-order valence-electron chi connectivity index (χ2n) is 5.01. The van der Waals surface area contributed by atoms with Crippen molar-refractivity contribution in [3.05, 3.63) is 18.7 Å². The lowest BCUT2D eigenvalue weighted by molar-refractivity contribution is 0.408. The summed E-state index contributed by atoms with van der Waals surface area (Å²) < 4.78 is 2.29. The maximum atomic E-state index is 4.16. The molecule has 2 nitrogen and oxygen atoms in total. The summed E-state index contributed by atoms with van der Waals surface area (Å²) in [6, 6.07) is 0.675. The SMILES string of the molecule is CCCCCCCCC(CCC)n1ccnc1. The number of aromatic nitrogens is 2. The molecule has 0 aliphatic carbocycles. The minimum Gasteiger partial charge on any atom is -0.334 e. The van der Waals surface area contributed by atoms with Gasteiger partial charge in [-0.3, -0.25) is 0 Å². The Labute approximate surface area is 106 Å². The lowest BCUT2D eigenvalue weighted by atomic mass is 10.0. The predicted molar refractivity (Wildman–Crippen MR) is 74.2 cm³/mol. The van der Waals surface area contributed by atoms with Crippen LogP contribution in [0.25, 0.3) is 0 Å². The van der Waals surface area contributed by atoms with Gasteiger partial charge >= 0.3 is 0 Å². The highest BCUT2D eigenvalue weighted by Crippen LogP contribution is 2.21. The molecule has 1 unspecified atom stereocenters. The van der Waals surface area contributed by atoms with Gasteiger partial charge in [-0.15, -0.1) is 0 Å². The molecule has 0 amide bonds. The number of nitrogens with zero attached hydrogens (tertiary/aromatic N) is 2. The Morgan fingerprint density at radius 2 is 1.71 bits per heavy atom. The van der Waals surface area contributed by atoms with Crippen molar-refractivity contribution < 1.29 is 0 Å². The Balaban J connectivity index is 2.17. The van der Waals surface area contributed by atoms with Crippen molar-refractivity contribution in [3.8, 4) is 0 Å². The Bertz CT molecular complexity index is 254. The zero-order valence-corrected chi connectivity index (χ0v) is 11.6. The molecule has 0 fully saturated rings. The van der Waals surface area contributed by atoms with Crippen LogP contribution in [0.3, 0.4) is 0 Å². The van der Waals surface area contributed by atoms with E-state index >= 15 is 0 Å². The van der Waals surface area contributed by atoms with Gasteiger partial charge in [0.15, 0.2) is 0 Å². The van der Waals surface area contributed by atoms with Gasteiger partial charge in [0.2, 0.25) is 0 Å². The van der Waals surface area contributed by atoms with Gasteiger partial charge in [-0.2, -0.15) is 0 Å². The monoisotopic (exact) mass is 236 g/mol. The third-order valence-electron chi connectivity index (χ3n) is 3.46. The van der Waals surface area contributed by atoms with Crippen LogP contribution >= 0.6 is 0 Å². The highest BCUT2D eigenvalue weighted by Gasteiger charge is 2.08. The number of hydrogen-bond donors (Lipinski definition) is 0. The first-order chi connectivity index (χ1) is 8.38. The molecule has 0 N–H and O–H groups in total. The lowest BCUT2D eigenvalue weighted by Crippen LogP contribution is -2.06. The highest BCUT2D eigenvalue weighted by molar-refractivity contribution is 4.80. The molecular weight excluding hydrogens is 208 g/mol. The first kappa shape index (κ1) is 14.3. The number of imidazole rings is 1. The highest BCUT2D eigenvalue weighted by atomic mass is 15.0. The van der Waals surface area contributed by atoms with E-state index in [4.69, 9.17) is 0 Å². The molecule has 0 radical (unpaired) electrons. The van der Waals surface area contributed by atoms with Crippen molar-refractivity contribution in [2.45, 2.75) is 77.7 Å². The van der Waals surface area contributed by atoms with E-state index in [-0.39, 0.29) is 0 Å². The maximum absolute atomic E-state index is 4.16. The smallest absolute Gasteiger partial charge is 0.0948 e. The minimum atomic E-state index is 0.675. The van der Waals surface area contributed by atoms with Gasteiger partial charge in [0.1, 0.15) is 0 Å². The van der Waals surface area contributed by atoms with Gasteiger partial charge < -0.3 is 4.57 Å². The Morgan fingerprint density at radius 3 is 2.35 bits per heavy atom. The normalized spacial score (nSPS) is 12.8. The largest absolute Gasteiger partial charge is 0.334 e. The average Bonchev–Trinajstić information content (AvgIpc) is 2.86. The molecule has 0 aliphatic heterocycles. The summed E-state index contributed by atoms with van der Waals surface area (Å²) in [6.07, 6.45) is 18.2. The maximum Gasteiger partial charge on any atom is 0.0948 e. The molecule has 0 saturated carbocycles. The topological polar surface area (TPSA) is 17.8 Å². The number of hydrogen-bond acceptors (Lipinski definition) is 1. The average molecular weight is 236 g/mol. The summed E-state index contributed by atoms with van der Waals surface area (Å²) in [6.45, 7) is 4.54. The van der Waals surface area contributed by atoms with Crippen molar-refractivity contribution >= 4 is 0 Å². The van der Waals surface area contributed by atoms with Crippen LogP contribution in [0.4, 0.5) is 0 Å². The summed E-state index contributed by atoms with van der Waals surface area (Å²) in [4.78, 5) is 4.16. The van der Waals surface area contributed by atoms with E-state index in [0.717, 1.165) is 0 Å². The van der Waals surface area contributed by atoms with Gasteiger partial charge in [-0.05, 0) is 12.8 Å². The molecule has 1 aromatic rings. The van der Waals surface area contributed by atoms with Crippen LogP contribution in [-0.4, -0.2) is 9.55 Å². The van der Waals surface area contributed by atoms with Crippen LogP contribution in [0.15, 0.2) is 18.7 Å². The van der Waals surface area contributed by atoms with E-state index in [1.165, 1.54) is 57.8 Å². The Kier molecular flexibility index (Phi) is 7.78. The minimum absolute atomic E-state index is 0.675. The predicted octanol–water partition coefficient (Wildman–Crippen LogP) is 4.97. The van der Waals surface area contributed by atoms with Crippen LogP contribution in [0.5, 0.6) is 0 Å². The zero-order chi connectivity index (χ0) is 12.3. The summed E-state index contributed by atoms with van der Waals surface area (Å²) in [5, 5.41) is 0. The molecule has 0 saturated heterocycles. The van der Waals surface area contributed by atoms with Crippen molar-refractivity contribution in [2.24, 2.45) is 0 Å². The third-order valence-corrected chi connectivity index (χ3v) is 3.46. The molecule has 1 aromatic heterocycles. The van der Waals surface area contributed by atoms with Crippen molar-refractivity contribution in [1.29, 1.82) is 0 Å². The summed E-state index contributed by atoms with van der Waals surface area (Å²) >= 11 is 0. The Hall–Kier alpha value is -0.790. The first-order valence-corrected chi connectivity index (χ1v) is 7.36. The molecule has 1 atom stereocenters. The molecule has 17 heavy (non-hydrogen) atoms. The van der Waals surface area contributed by atoms with E-state index in [1.807, 2.05) is 12.5 Å². The van der Waals surface area contributed by atoms with Crippen LogP contribution < -0.4 is 0 Å². The van der Waals surface area contributed by atoms with Crippen LogP contribution in [0, 0.1) is 0 Å². The van der Waals surface area contributed by atoms with Gasteiger partial charge in [0.25, 0.3) is 0 Å². The van der Waals surface area contributed by atoms with Crippen LogP contribution in [0.1, 0.15) is 77.7 Å².